The van der Waals surface area contributed by atoms with Gasteiger partial charge in [-0.1, -0.05) is 27.2 Å². The third kappa shape index (κ3) is 4.26. The third-order valence-electron chi connectivity index (χ3n) is 4.83. The first-order valence-corrected chi connectivity index (χ1v) is 7.29. The van der Waals surface area contributed by atoms with Gasteiger partial charge in [0.15, 0.2) is 0 Å². The highest BCUT2D eigenvalue weighted by Crippen LogP contribution is 2.30. The summed E-state index contributed by atoms with van der Waals surface area (Å²) in [6.07, 6.45) is 6.69. The number of aliphatic hydroxyl groups is 1. The molecule has 0 amide bonds. The molecule has 0 aromatic heterocycles. The van der Waals surface area contributed by atoms with Crippen LogP contribution in [-0.2, 0) is 0 Å². The number of nitrogens with zero attached hydrogens (tertiary/aromatic N) is 1. The predicted molar refractivity (Wildman–Crippen MR) is 74.1 cm³/mol. The van der Waals surface area contributed by atoms with Crippen molar-refractivity contribution < 1.29 is 5.11 Å². The lowest BCUT2D eigenvalue weighted by atomic mass is 9.83. The average Bonchev–Trinajstić information content (AvgIpc) is 2.28. The zero-order valence-corrected chi connectivity index (χ0v) is 12.4. The Morgan fingerprint density at radius 1 is 1.24 bits per heavy atom. The zero-order chi connectivity index (χ0) is 13.1. The molecule has 1 aliphatic rings. The fourth-order valence-corrected chi connectivity index (χ4v) is 2.81. The summed E-state index contributed by atoms with van der Waals surface area (Å²) in [6, 6.07) is 0.683. The van der Waals surface area contributed by atoms with Crippen molar-refractivity contribution in [1.29, 1.82) is 0 Å². The van der Waals surface area contributed by atoms with Crippen molar-refractivity contribution in [3.05, 3.63) is 0 Å². The lowest BCUT2D eigenvalue weighted by molar-refractivity contribution is -0.0268. The van der Waals surface area contributed by atoms with Gasteiger partial charge in [-0.05, 0) is 51.5 Å². The number of hydrogen-bond acceptors (Lipinski definition) is 2. The molecular weight excluding hydrogens is 210 g/mol. The maximum atomic E-state index is 10.3. The van der Waals surface area contributed by atoms with Gasteiger partial charge in [-0.2, -0.15) is 0 Å². The highest BCUT2D eigenvalue weighted by Gasteiger charge is 2.30. The molecule has 1 N–H and O–H groups in total. The van der Waals surface area contributed by atoms with Gasteiger partial charge in [-0.3, -0.25) is 0 Å². The molecule has 1 atom stereocenters. The molecule has 1 saturated carbocycles. The Morgan fingerprint density at radius 3 is 2.18 bits per heavy atom. The van der Waals surface area contributed by atoms with Crippen molar-refractivity contribution >= 4 is 0 Å². The van der Waals surface area contributed by atoms with Crippen LogP contribution in [0.5, 0.6) is 0 Å². The van der Waals surface area contributed by atoms with Crippen molar-refractivity contribution in [1.82, 2.24) is 4.90 Å². The molecular formula is C15H31NO. The van der Waals surface area contributed by atoms with Crippen LogP contribution in [-0.4, -0.2) is 35.2 Å². The zero-order valence-electron chi connectivity index (χ0n) is 12.4. The Balaban J connectivity index is 2.41. The minimum atomic E-state index is -0.559. The highest BCUT2D eigenvalue weighted by molar-refractivity contribution is 4.84. The molecule has 0 bridgehead atoms. The van der Waals surface area contributed by atoms with E-state index in [2.05, 4.69) is 32.7 Å². The molecule has 102 valence electrons. The van der Waals surface area contributed by atoms with Gasteiger partial charge >= 0.3 is 0 Å². The van der Waals surface area contributed by atoms with E-state index < -0.39 is 5.60 Å². The Labute approximate surface area is 107 Å². The van der Waals surface area contributed by atoms with Crippen LogP contribution < -0.4 is 0 Å². The van der Waals surface area contributed by atoms with Crippen molar-refractivity contribution in [2.45, 2.75) is 71.4 Å². The first-order chi connectivity index (χ1) is 7.86. The molecule has 17 heavy (non-hydrogen) atoms. The molecule has 1 aliphatic carbocycles. The van der Waals surface area contributed by atoms with Gasteiger partial charge in [0.2, 0.25) is 0 Å². The molecule has 2 heteroatoms. The maximum absolute atomic E-state index is 10.3. The summed E-state index contributed by atoms with van der Waals surface area (Å²) in [7, 11) is 2.17. The van der Waals surface area contributed by atoms with Gasteiger partial charge in [0, 0.05) is 12.6 Å². The standard InChI is InChI=1S/C15H31NO/c1-6-13-7-9-14(10-8-13)16(5)11-15(4,17)12(2)3/h12-14,17H,6-11H2,1-5H3. The van der Waals surface area contributed by atoms with Gasteiger partial charge in [0.05, 0.1) is 5.60 Å². The van der Waals surface area contributed by atoms with Crippen molar-refractivity contribution in [2.75, 3.05) is 13.6 Å². The van der Waals surface area contributed by atoms with Crippen molar-refractivity contribution in [2.24, 2.45) is 11.8 Å². The number of rotatable bonds is 5. The van der Waals surface area contributed by atoms with Gasteiger partial charge in [-0.25, -0.2) is 0 Å². The smallest absolute Gasteiger partial charge is 0.0768 e. The van der Waals surface area contributed by atoms with Crippen LogP contribution in [0.1, 0.15) is 59.8 Å². The molecule has 0 aliphatic heterocycles. The van der Waals surface area contributed by atoms with Crippen LogP contribution in [0.25, 0.3) is 0 Å². The van der Waals surface area contributed by atoms with Gasteiger partial charge in [-0.15, -0.1) is 0 Å². The van der Waals surface area contributed by atoms with Crippen LogP contribution in [0.4, 0.5) is 0 Å². The fraction of sp³-hybridized carbons (Fsp3) is 1.00. The van der Waals surface area contributed by atoms with E-state index in [4.69, 9.17) is 0 Å². The Bertz CT molecular complexity index is 217. The molecule has 2 nitrogen and oxygen atoms in total. The topological polar surface area (TPSA) is 23.5 Å². The van der Waals surface area contributed by atoms with Crippen LogP contribution in [0.3, 0.4) is 0 Å². The summed E-state index contributed by atoms with van der Waals surface area (Å²) in [6.45, 7) is 9.26. The molecule has 0 aromatic rings. The third-order valence-corrected chi connectivity index (χ3v) is 4.83. The quantitative estimate of drug-likeness (QED) is 0.798. The minimum absolute atomic E-state index is 0.317. The fourth-order valence-electron chi connectivity index (χ4n) is 2.81. The Kier molecular flexibility index (Phi) is 5.46. The summed E-state index contributed by atoms with van der Waals surface area (Å²) in [5.74, 6) is 1.27. The lowest BCUT2D eigenvalue weighted by Crippen LogP contribution is -2.47. The Hall–Kier alpha value is -0.0800. The molecule has 0 radical (unpaired) electrons. The Morgan fingerprint density at radius 2 is 1.76 bits per heavy atom. The van der Waals surface area contributed by atoms with E-state index in [0.29, 0.717) is 12.0 Å². The molecule has 1 unspecified atom stereocenters. The van der Waals surface area contributed by atoms with Crippen molar-refractivity contribution in [3.8, 4) is 0 Å². The van der Waals surface area contributed by atoms with Gasteiger partial charge < -0.3 is 10.0 Å². The van der Waals surface area contributed by atoms with E-state index >= 15 is 0 Å². The predicted octanol–water partition coefficient (Wildman–Crippen LogP) is 3.29. The van der Waals surface area contributed by atoms with Crippen LogP contribution in [0.2, 0.25) is 0 Å². The molecule has 1 fully saturated rings. The molecule has 0 saturated heterocycles. The summed E-state index contributed by atoms with van der Waals surface area (Å²) in [5, 5.41) is 10.3. The van der Waals surface area contributed by atoms with E-state index in [1.807, 2.05) is 6.92 Å². The molecule has 1 rings (SSSR count). The SMILES string of the molecule is CCC1CCC(N(C)CC(C)(O)C(C)C)CC1. The summed E-state index contributed by atoms with van der Waals surface area (Å²) >= 11 is 0. The molecule has 0 spiro atoms. The van der Waals surface area contributed by atoms with Crippen molar-refractivity contribution in [3.63, 3.8) is 0 Å². The first kappa shape index (κ1) is 15.0. The summed E-state index contributed by atoms with van der Waals surface area (Å²) < 4.78 is 0. The number of hydrogen-bond donors (Lipinski definition) is 1. The second-order valence-electron chi connectivity index (χ2n) is 6.51. The van der Waals surface area contributed by atoms with E-state index in [9.17, 15) is 5.11 Å². The second kappa shape index (κ2) is 6.19. The van der Waals surface area contributed by atoms with E-state index in [-0.39, 0.29) is 0 Å². The largest absolute Gasteiger partial charge is 0.389 e. The summed E-state index contributed by atoms with van der Waals surface area (Å²) in [5.41, 5.74) is -0.559. The van der Waals surface area contributed by atoms with Crippen LogP contribution in [0, 0.1) is 11.8 Å². The summed E-state index contributed by atoms with van der Waals surface area (Å²) in [4.78, 5) is 2.38. The van der Waals surface area contributed by atoms with E-state index in [0.717, 1.165) is 12.5 Å². The van der Waals surface area contributed by atoms with E-state index in [1.165, 1.54) is 32.1 Å². The second-order valence-corrected chi connectivity index (χ2v) is 6.51. The van der Waals surface area contributed by atoms with Gasteiger partial charge in [0.25, 0.3) is 0 Å². The minimum Gasteiger partial charge on any atom is -0.389 e. The van der Waals surface area contributed by atoms with Gasteiger partial charge in [0.1, 0.15) is 0 Å². The lowest BCUT2D eigenvalue weighted by Gasteiger charge is -2.39. The van der Waals surface area contributed by atoms with E-state index in [1.54, 1.807) is 0 Å². The monoisotopic (exact) mass is 241 g/mol. The first-order valence-electron chi connectivity index (χ1n) is 7.29. The number of likely N-dealkylation sites (N-methyl/N-ethyl adjacent to an activating group) is 1. The normalized spacial score (nSPS) is 29.6. The molecule has 0 heterocycles. The molecule has 0 aromatic carbocycles. The van der Waals surface area contributed by atoms with Crippen LogP contribution in [0.15, 0.2) is 0 Å². The highest BCUT2D eigenvalue weighted by atomic mass is 16.3. The maximum Gasteiger partial charge on any atom is 0.0768 e. The average molecular weight is 241 g/mol. The van der Waals surface area contributed by atoms with Crippen LogP contribution >= 0.6 is 0 Å².